The molecule has 3 heterocycles. The SMILES string of the molecule is CCCCC(NC(=O)C1CCCN(C(=O)N2CCCC2)C1)C(=O)Nc1cccc(N2CCCC2)c1. The van der Waals surface area contributed by atoms with Gasteiger partial charge in [-0.2, -0.15) is 0 Å². The molecule has 3 aliphatic rings. The molecule has 0 bridgehead atoms. The van der Waals surface area contributed by atoms with Crippen LogP contribution in [-0.4, -0.2) is 73.0 Å². The van der Waals surface area contributed by atoms with Crippen LogP contribution < -0.4 is 15.5 Å². The van der Waals surface area contributed by atoms with E-state index in [9.17, 15) is 14.4 Å². The maximum absolute atomic E-state index is 13.2. The average Bonchev–Trinajstić information content (AvgIpc) is 3.61. The Hall–Kier alpha value is -2.77. The summed E-state index contributed by atoms with van der Waals surface area (Å²) in [6.07, 6.45) is 8.47. The highest BCUT2D eigenvalue weighted by Gasteiger charge is 2.33. The molecule has 0 aliphatic carbocycles. The van der Waals surface area contributed by atoms with E-state index in [2.05, 4.69) is 28.5 Å². The summed E-state index contributed by atoms with van der Waals surface area (Å²) in [5.41, 5.74) is 1.88. The zero-order valence-corrected chi connectivity index (χ0v) is 21.1. The van der Waals surface area contributed by atoms with Crippen molar-refractivity contribution < 1.29 is 14.4 Å². The third kappa shape index (κ3) is 6.67. The predicted molar refractivity (Wildman–Crippen MR) is 138 cm³/mol. The van der Waals surface area contributed by atoms with Gasteiger partial charge in [-0.1, -0.05) is 25.8 Å². The van der Waals surface area contributed by atoms with Crippen LogP contribution in [0.3, 0.4) is 0 Å². The summed E-state index contributed by atoms with van der Waals surface area (Å²) in [7, 11) is 0. The van der Waals surface area contributed by atoms with Crippen LogP contribution in [0.1, 0.15) is 64.7 Å². The molecular formula is C27H41N5O3. The summed E-state index contributed by atoms with van der Waals surface area (Å²) in [6.45, 7) is 6.93. The number of piperidine rings is 1. The lowest BCUT2D eigenvalue weighted by Crippen LogP contribution is -2.52. The highest BCUT2D eigenvalue weighted by Crippen LogP contribution is 2.24. The molecule has 2 atom stereocenters. The van der Waals surface area contributed by atoms with Crippen LogP contribution in [0.5, 0.6) is 0 Å². The van der Waals surface area contributed by atoms with E-state index in [1.165, 1.54) is 12.8 Å². The van der Waals surface area contributed by atoms with Crippen molar-refractivity contribution in [2.24, 2.45) is 5.92 Å². The van der Waals surface area contributed by atoms with Crippen molar-refractivity contribution in [3.05, 3.63) is 24.3 Å². The second-order valence-electron chi connectivity index (χ2n) is 10.2. The van der Waals surface area contributed by atoms with Gasteiger partial charge in [0, 0.05) is 50.6 Å². The molecule has 192 valence electrons. The maximum atomic E-state index is 13.2. The fourth-order valence-corrected chi connectivity index (χ4v) is 5.43. The number of unbranched alkanes of at least 4 members (excludes halogenated alkanes) is 1. The summed E-state index contributed by atoms with van der Waals surface area (Å²) < 4.78 is 0. The van der Waals surface area contributed by atoms with Gasteiger partial charge in [0.2, 0.25) is 11.8 Å². The van der Waals surface area contributed by atoms with Gasteiger partial charge in [0.05, 0.1) is 5.92 Å². The van der Waals surface area contributed by atoms with Gasteiger partial charge in [-0.15, -0.1) is 0 Å². The smallest absolute Gasteiger partial charge is 0.320 e. The summed E-state index contributed by atoms with van der Waals surface area (Å²) in [5.74, 6) is -0.567. The Labute approximate surface area is 209 Å². The number of hydrogen-bond donors (Lipinski definition) is 2. The van der Waals surface area contributed by atoms with E-state index in [-0.39, 0.29) is 23.8 Å². The Bertz CT molecular complexity index is 879. The van der Waals surface area contributed by atoms with Crippen molar-refractivity contribution in [2.75, 3.05) is 49.5 Å². The normalized spacial score (nSPS) is 21.2. The van der Waals surface area contributed by atoms with Crippen LogP contribution in [0, 0.1) is 5.92 Å². The van der Waals surface area contributed by atoms with E-state index in [4.69, 9.17) is 0 Å². The van der Waals surface area contributed by atoms with E-state index in [1.807, 2.05) is 28.0 Å². The first-order valence-corrected chi connectivity index (χ1v) is 13.5. The molecule has 1 aromatic rings. The van der Waals surface area contributed by atoms with Crippen LogP contribution in [-0.2, 0) is 9.59 Å². The zero-order chi connectivity index (χ0) is 24.6. The van der Waals surface area contributed by atoms with E-state index in [0.29, 0.717) is 19.5 Å². The summed E-state index contributed by atoms with van der Waals surface area (Å²) in [6, 6.07) is 7.44. The van der Waals surface area contributed by atoms with Crippen molar-refractivity contribution in [1.29, 1.82) is 0 Å². The highest BCUT2D eigenvalue weighted by molar-refractivity contribution is 5.97. The molecule has 4 amide bonds. The predicted octanol–water partition coefficient (Wildman–Crippen LogP) is 3.83. The van der Waals surface area contributed by atoms with E-state index in [0.717, 1.165) is 76.1 Å². The molecule has 0 spiro atoms. The standard InChI is InChI=1S/C27H41N5O3/c1-2-3-13-24(26(34)28-22-11-8-12-23(19-22)30-14-4-5-15-30)29-25(33)21-10-9-18-32(20-21)27(35)31-16-6-7-17-31/h8,11-12,19,21,24H,2-7,9-10,13-18,20H2,1H3,(H,28,34)(H,29,33). The minimum Gasteiger partial charge on any atom is -0.371 e. The molecule has 8 heteroatoms. The van der Waals surface area contributed by atoms with Crippen molar-refractivity contribution in [2.45, 2.75) is 70.8 Å². The fourth-order valence-electron chi connectivity index (χ4n) is 5.43. The van der Waals surface area contributed by atoms with Crippen molar-refractivity contribution >= 4 is 29.2 Å². The third-order valence-corrected chi connectivity index (χ3v) is 7.50. The number of carbonyl (C=O) groups excluding carboxylic acids is 3. The quantitative estimate of drug-likeness (QED) is 0.589. The first-order chi connectivity index (χ1) is 17.0. The van der Waals surface area contributed by atoms with Crippen molar-refractivity contribution in [3.63, 3.8) is 0 Å². The number of nitrogens with one attached hydrogen (secondary N) is 2. The topological polar surface area (TPSA) is 85.0 Å². The number of carbonyl (C=O) groups is 3. The largest absolute Gasteiger partial charge is 0.371 e. The lowest BCUT2D eigenvalue weighted by molar-refractivity contribution is -0.130. The van der Waals surface area contributed by atoms with Gasteiger partial charge >= 0.3 is 6.03 Å². The second kappa shape index (κ2) is 12.3. The fraction of sp³-hybridized carbons (Fsp3) is 0.667. The van der Waals surface area contributed by atoms with E-state index in [1.54, 1.807) is 0 Å². The molecule has 0 radical (unpaired) electrons. The minimum absolute atomic E-state index is 0.0539. The molecule has 0 saturated carbocycles. The van der Waals surface area contributed by atoms with Gasteiger partial charge in [0.1, 0.15) is 6.04 Å². The van der Waals surface area contributed by atoms with Gasteiger partial charge < -0.3 is 25.3 Å². The second-order valence-corrected chi connectivity index (χ2v) is 10.2. The molecule has 35 heavy (non-hydrogen) atoms. The Morgan fingerprint density at radius 3 is 2.43 bits per heavy atom. The minimum atomic E-state index is -0.581. The number of likely N-dealkylation sites (tertiary alicyclic amines) is 2. The van der Waals surface area contributed by atoms with E-state index >= 15 is 0 Å². The number of hydrogen-bond acceptors (Lipinski definition) is 4. The van der Waals surface area contributed by atoms with Gasteiger partial charge in [-0.25, -0.2) is 4.79 Å². The molecule has 2 N–H and O–H groups in total. The number of anilines is 2. The van der Waals surface area contributed by atoms with Crippen LogP contribution in [0.2, 0.25) is 0 Å². The van der Waals surface area contributed by atoms with Gasteiger partial charge in [-0.05, 0) is 63.1 Å². The Kier molecular flexibility index (Phi) is 8.88. The lowest BCUT2D eigenvalue weighted by Gasteiger charge is -2.35. The average molecular weight is 484 g/mol. The van der Waals surface area contributed by atoms with Crippen LogP contribution >= 0.6 is 0 Å². The molecule has 3 saturated heterocycles. The number of urea groups is 1. The van der Waals surface area contributed by atoms with Crippen molar-refractivity contribution in [1.82, 2.24) is 15.1 Å². The molecule has 2 unspecified atom stereocenters. The molecule has 3 fully saturated rings. The molecule has 0 aromatic heterocycles. The van der Waals surface area contributed by atoms with E-state index < -0.39 is 6.04 Å². The Morgan fingerprint density at radius 1 is 0.971 bits per heavy atom. The van der Waals surface area contributed by atoms with Crippen LogP contribution in [0.15, 0.2) is 24.3 Å². The molecular weight excluding hydrogens is 442 g/mol. The molecule has 3 aliphatic heterocycles. The summed E-state index contributed by atoms with van der Waals surface area (Å²) >= 11 is 0. The first-order valence-electron chi connectivity index (χ1n) is 13.5. The van der Waals surface area contributed by atoms with Gasteiger partial charge in [-0.3, -0.25) is 9.59 Å². The first kappa shape index (κ1) is 25.3. The number of nitrogens with zero attached hydrogens (tertiary/aromatic N) is 3. The monoisotopic (exact) mass is 483 g/mol. The van der Waals surface area contributed by atoms with Gasteiger partial charge in [0.15, 0.2) is 0 Å². The highest BCUT2D eigenvalue weighted by atomic mass is 16.2. The lowest BCUT2D eigenvalue weighted by atomic mass is 9.96. The Morgan fingerprint density at radius 2 is 1.69 bits per heavy atom. The maximum Gasteiger partial charge on any atom is 0.320 e. The number of benzene rings is 1. The number of rotatable bonds is 8. The Balaban J connectivity index is 1.36. The molecule has 4 rings (SSSR count). The molecule has 1 aromatic carbocycles. The zero-order valence-electron chi connectivity index (χ0n) is 21.1. The van der Waals surface area contributed by atoms with Crippen molar-refractivity contribution in [3.8, 4) is 0 Å². The summed E-state index contributed by atoms with van der Waals surface area (Å²) in [4.78, 5) is 45.3. The van der Waals surface area contributed by atoms with Crippen LogP contribution in [0.4, 0.5) is 16.2 Å². The number of amides is 4. The third-order valence-electron chi connectivity index (χ3n) is 7.50. The summed E-state index contributed by atoms with van der Waals surface area (Å²) in [5, 5.41) is 6.06. The van der Waals surface area contributed by atoms with Crippen LogP contribution in [0.25, 0.3) is 0 Å². The van der Waals surface area contributed by atoms with Gasteiger partial charge in [0.25, 0.3) is 0 Å². The molecule has 8 nitrogen and oxygen atoms in total.